The first-order chi connectivity index (χ1) is 13.5. The van der Waals surface area contributed by atoms with E-state index in [4.69, 9.17) is 4.42 Å². The third kappa shape index (κ3) is 4.14. The van der Waals surface area contributed by atoms with Gasteiger partial charge in [0.15, 0.2) is 12.2 Å². The van der Waals surface area contributed by atoms with Crippen LogP contribution in [0.25, 0.3) is 10.6 Å². The van der Waals surface area contributed by atoms with Gasteiger partial charge in [-0.1, -0.05) is 19.1 Å². The number of aromatic nitrogens is 1. The molecule has 1 atom stereocenters. The van der Waals surface area contributed by atoms with Gasteiger partial charge >= 0.3 is 0 Å². The van der Waals surface area contributed by atoms with Crippen LogP contribution in [0.5, 0.6) is 0 Å². The fourth-order valence-electron chi connectivity index (χ4n) is 3.59. The minimum Gasteiger partial charge on any atom is -0.443 e. The summed E-state index contributed by atoms with van der Waals surface area (Å²) in [6.45, 7) is 5.57. The third-order valence-electron chi connectivity index (χ3n) is 4.97. The maximum Gasteiger partial charge on any atom is 0.271 e. The molecule has 4 rings (SSSR count). The van der Waals surface area contributed by atoms with Gasteiger partial charge < -0.3 is 9.32 Å². The van der Waals surface area contributed by atoms with Crippen molar-refractivity contribution >= 4 is 27.0 Å². The molecular weight excluding hydrogens is 394 g/mol. The Balaban J connectivity index is 1.44. The second-order valence-electron chi connectivity index (χ2n) is 7.00. The molecule has 1 saturated heterocycles. The maximum atomic E-state index is 12.7. The van der Waals surface area contributed by atoms with Crippen LogP contribution in [0.15, 0.2) is 57.6 Å². The molecule has 1 aromatic carbocycles. The van der Waals surface area contributed by atoms with Crippen molar-refractivity contribution < 1.29 is 12.8 Å². The van der Waals surface area contributed by atoms with E-state index >= 15 is 0 Å². The number of anilines is 1. The largest absolute Gasteiger partial charge is 0.443 e. The van der Waals surface area contributed by atoms with Gasteiger partial charge in [-0.25, -0.2) is 13.4 Å². The predicted molar refractivity (Wildman–Crippen MR) is 111 cm³/mol. The van der Waals surface area contributed by atoms with E-state index in [1.165, 1.54) is 18.4 Å². The third-order valence-corrected chi connectivity index (χ3v) is 7.94. The van der Waals surface area contributed by atoms with Crippen LogP contribution in [-0.4, -0.2) is 37.9 Å². The van der Waals surface area contributed by atoms with E-state index in [-0.39, 0.29) is 4.21 Å². The molecule has 148 valence electrons. The Morgan fingerprint density at radius 3 is 2.79 bits per heavy atom. The van der Waals surface area contributed by atoms with Crippen molar-refractivity contribution in [2.75, 3.05) is 24.4 Å². The van der Waals surface area contributed by atoms with E-state index in [2.05, 4.69) is 21.5 Å². The summed E-state index contributed by atoms with van der Waals surface area (Å²) in [6.07, 6.45) is 5.23. The zero-order chi connectivity index (χ0) is 19.6. The topological polar surface area (TPSA) is 75.4 Å². The first kappa shape index (κ1) is 19.2. The van der Waals surface area contributed by atoms with Crippen LogP contribution in [0.4, 0.5) is 5.69 Å². The fourth-order valence-corrected chi connectivity index (χ4v) is 5.90. The smallest absolute Gasteiger partial charge is 0.271 e. The predicted octanol–water partition coefficient (Wildman–Crippen LogP) is 4.40. The lowest BCUT2D eigenvalue weighted by Crippen LogP contribution is -2.20. The zero-order valence-electron chi connectivity index (χ0n) is 15.7. The monoisotopic (exact) mass is 417 g/mol. The van der Waals surface area contributed by atoms with Crippen LogP contribution < -0.4 is 4.72 Å². The molecule has 0 bridgehead atoms. The Kier molecular flexibility index (Phi) is 5.52. The molecule has 0 saturated carbocycles. The van der Waals surface area contributed by atoms with E-state index in [9.17, 15) is 8.42 Å². The van der Waals surface area contributed by atoms with Crippen molar-refractivity contribution in [3.05, 3.63) is 54.6 Å². The molecule has 28 heavy (non-hydrogen) atoms. The number of sulfonamides is 1. The lowest BCUT2D eigenvalue weighted by atomic mass is 9.98. The van der Waals surface area contributed by atoms with Crippen molar-refractivity contribution in [2.45, 2.75) is 29.9 Å². The Morgan fingerprint density at radius 1 is 1.25 bits per heavy atom. The molecule has 0 spiro atoms. The molecule has 3 aromatic rings. The van der Waals surface area contributed by atoms with Crippen molar-refractivity contribution in [3.63, 3.8) is 0 Å². The highest BCUT2D eigenvalue weighted by Gasteiger charge is 2.23. The number of oxazole rings is 1. The summed E-state index contributed by atoms with van der Waals surface area (Å²) in [4.78, 5) is 7.08. The average Bonchev–Trinajstić information content (AvgIpc) is 3.43. The molecule has 6 nitrogen and oxygen atoms in total. The van der Waals surface area contributed by atoms with Gasteiger partial charge in [-0.15, -0.1) is 11.3 Å². The summed E-state index contributed by atoms with van der Waals surface area (Å²) in [5.41, 5.74) is 1.84. The number of hydrogen-bond acceptors (Lipinski definition) is 6. The molecular formula is C20H23N3O3S2. The van der Waals surface area contributed by atoms with Gasteiger partial charge in [0.05, 0.1) is 11.1 Å². The highest BCUT2D eigenvalue weighted by Crippen LogP contribution is 2.32. The highest BCUT2D eigenvalue weighted by molar-refractivity contribution is 7.94. The standard InChI is InChI=1S/C20H23N3O3S2/c1-2-10-23-11-9-16(13-23)15-3-5-17(6-4-15)22-28(24,25)20-8-7-19(27-20)18-12-21-14-26-18/h3-8,12,14,16,22H,2,9-11,13H2,1H3/t16-/m1/s1. The van der Waals surface area contributed by atoms with Crippen LogP contribution in [0.1, 0.15) is 31.2 Å². The van der Waals surface area contributed by atoms with E-state index in [0.717, 1.165) is 42.3 Å². The van der Waals surface area contributed by atoms with Crippen LogP contribution in [0, 0.1) is 0 Å². The SMILES string of the molecule is CCCN1CC[C@@H](c2ccc(NS(=O)(=O)c3ccc(-c4cnco4)s3)cc2)C1. The summed E-state index contributed by atoms with van der Waals surface area (Å²) in [6, 6.07) is 11.1. The summed E-state index contributed by atoms with van der Waals surface area (Å²) in [5.74, 6) is 1.09. The van der Waals surface area contributed by atoms with Gasteiger partial charge in [-0.05, 0) is 61.7 Å². The number of rotatable bonds is 7. The molecule has 0 unspecified atom stereocenters. The van der Waals surface area contributed by atoms with Gasteiger partial charge in [0.2, 0.25) is 0 Å². The minimum atomic E-state index is -3.63. The van der Waals surface area contributed by atoms with Gasteiger partial charge in [0.25, 0.3) is 10.0 Å². The van der Waals surface area contributed by atoms with Crippen molar-refractivity contribution in [1.82, 2.24) is 9.88 Å². The molecule has 1 N–H and O–H groups in total. The normalized spacial score (nSPS) is 17.8. The Morgan fingerprint density at radius 2 is 2.07 bits per heavy atom. The first-order valence-corrected chi connectivity index (χ1v) is 11.7. The van der Waals surface area contributed by atoms with Crippen LogP contribution in [0.3, 0.4) is 0 Å². The van der Waals surface area contributed by atoms with Crippen LogP contribution >= 0.6 is 11.3 Å². The van der Waals surface area contributed by atoms with Crippen LogP contribution in [-0.2, 0) is 10.0 Å². The van der Waals surface area contributed by atoms with Gasteiger partial charge in [0.1, 0.15) is 4.21 Å². The Hall–Kier alpha value is -2.16. The maximum absolute atomic E-state index is 12.7. The number of nitrogens with one attached hydrogen (secondary N) is 1. The molecule has 1 aliphatic rings. The molecule has 3 heterocycles. The van der Waals surface area contributed by atoms with Crippen molar-refractivity contribution in [2.24, 2.45) is 0 Å². The van der Waals surface area contributed by atoms with Gasteiger partial charge in [-0.3, -0.25) is 4.72 Å². The lowest BCUT2D eigenvalue weighted by molar-refractivity contribution is 0.335. The van der Waals surface area contributed by atoms with Crippen molar-refractivity contribution in [1.29, 1.82) is 0 Å². The Labute approximate surface area is 169 Å². The summed E-state index contributed by atoms with van der Waals surface area (Å²) in [5, 5.41) is 0. The quantitative estimate of drug-likeness (QED) is 0.616. The summed E-state index contributed by atoms with van der Waals surface area (Å²) in [7, 11) is -3.63. The highest BCUT2D eigenvalue weighted by atomic mass is 32.2. The summed E-state index contributed by atoms with van der Waals surface area (Å²) >= 11 is 1.16. The fraction of sp³-hybridized carbons (Fsp3) is 0.350. The van der Waals surface area contributed by atoms with Gasteiger partial charge in [-0.2, -0.15) is 0 Å². The molecule has 8 heteroatoms. The van der Waals surface area contributed by atoms with Crippen molar-refractivity contribution in [3.8, 4) is 10.6 Å². The number of nitrogens with zero attached hydrogens (tertiary/aromatic N) is 2. The number of likely N-dealkylation sites (tertiary alicyclic amines) is 1. The van der Waals surface area contributed by atoms with E-state index in [1.54, 1.807) is 18.3 Å². The number of benzene rings is 1. The molecule has 0 radical (unpaired) electrons. The molecule has 2 aromatic heterocycles. The van der Waals surface area contributed by atoms with E-state index < -0.39 is 10.0 Å². The summed E-state index contributed by atoms with van der Waals surface area (Å²) < 4.78 is 33.5. The van der Waals surface area contributed by atoms with Gasteiger partial charge in [0, 0.05) is 12.2 Å². The van der Waals surface area contributed by atoms with E-state index in [1.807, 2.05) is 24.3 Å². The second-order valence-corrected chi connectivity index (χ2v) is 9.99. The first-order valence-electron chi connectivity index (χ1n) is 9.39. The Bertz CT molecular complexity index is 1010. The molecule has 0 aliphatic carbocycles. The second kappa shape index (κ2) is 8.06. The zero-order valence-corrected chi connectivity index (χ0v) is 17.3. The van der Waals surface area contributed by atoms with Crippen LogP contribution in [0.2, 0.25) is 0 Å². The van der Waals surface area contributed by atoms with E-state index in [0.29, 0.717) is 17.4 Å². The lowest BCUT2D eigenvalue weighted by Gasteiger charge is -2.15. The molecule has 0 amide bonds. The number of thiophene rings is 1. The average molecular weight is 418 g/mol. The number of hydrogen-bond donors (Lipinski definition) is 1. The molecule has 1 aliphatic heterocycles. The minimum absolute atomic E-state index is 0.244. The molecule has 1 fully saturated rings.